The van der Waals surface area contributed by atoms with Crippen LogP contribution in [-0.4, -0.2) is 20.6 Å². The minimum Gasteiger partial charge on any atom is -0.375 e. The van der Waals surface area contributed by atoms with Gasteiger partial charge in [-0.2, -0.15) is 5.48 Å². The Bertz CT molecular complexity index is 961. The first-order valence-electron chi connectivity index (χ1n) is 8.05. The molecule has 5 nitrogen and oxygen atoms in total. The molecule has 0 saturated carbocycles. The van der Waals surface area contributed by atoms with Crippen molar-refractivity contribution < 1.29 is 22.4 Å². The van der Waals surface area contributed by atoms with Crippen LogP contribution in [0.2, 0.25) is 5.02 Å². The predicted molar refractivity (Wildman–Crippen MR) is 95.7 cm³/mol. The maximum atomic E-state index is 14.8. The molecule has 0 aromatic heterocycles. The van der Waals surface area contributed by atoms with Gasteiger partial charge in [-0.3, -0.25) is 4.79 Å². The normalized spacial score (nSPS) is 13.8. The Hall–Kier alpha value is -2.12. The van der Waals surface area contributed by atoms with Crippen LogP contribution in [0.1, 0.15) is 34.3 Å². The van der Waals surface area contributed by atoms with Gasteiger partial charge in [-0.25, -0.2) is 12.8 Å². The summed E-state index contributed by atoms with van der Waals surface area (Å²) in [5, 5.41) is -0.156. The van der Waals surface area contributed by atoms with Gasteiger partial charge in [0.1, 0.15) is 4.90 Å². The number of rotatable bonds is 4. The van der Waals surface area contributed by atoms with E-state index < -0.39 is 27.3 Å². The highest BCUT2D eigenvalue weighted by Gasteiger charge is 2.31. The van der Waals surface area contributed by atoms with E-state index in [4.69, 9.17) is 16.4 Å². The summed E-state index contributed by atoms with van der Waals surface area (Å²) in [7, 11) is -3.80. The van der Waals surface area contributed by atoms with Crippen molar-refractivity contribution in [1.82, 2.24) is 5.48 Å². The molecule has 0 radical (unpaired) electrons. The van der Waals surface area contributed by atoms with Crippen molar-refractivity contribution in [3.63, 3.8) is 0 Å². The topological polar surface area (TPSA) is 72.5 Å². The molecule has 0 aliphatic heterocycles. The molecular weight excluding hydrogens is 381 g/mol. The first-order chi connectivity index (χ1) is 12.3. The highest BCUT2D eigenvalue weighted by Crippen LogP contribution is 2.41. The number of hydroxylamine groups is 1. The van der Waals surface area contributed by atoms with E-state index in [2.05, 4.69) is 5.48 Å². The third kappa shape index (κ3) is 3.54. The summed E-state index contributed by atoms with van der Waals surface area (Å²) in [4.78, 5) is 17.0. The van der Waals surface area contributed by atoms with Gasteiger partial charge in [0.05, 0.1) is 5.02 Å². The summed E-state index contributed by atoms with van der Waals surface area (Å²) in [6.07, 6.45) is 3.52. The standard InChI is InChI=1S/C18H17ClFNO4S/c1-26(23,24)17-13-10-6-5-9-12(13)14(19)15(20)16(17)25-21-18(22)11-7-3-2-4-8-11/h2-4,7-8H,5-6,9-10H2,1H3,(H,21,22). The van der Waals surface area contributed by atoms with E-state index in [1.807, 2.05) is 0 Å². The zero-order valence-electron chi connectivity index (χ0n) is 14.0. The lowest BCUT2D eigenvalue weighted by molar-refractivity contribution is 0.0744. The van der Waals surface area contributed by atoms with Crippen LogP contribution in [-0.2, 0) is 22.7 Å². The third-order valence-corrected chi connectivity index (χ3v) is 5.83. The first-order valence-corrected chi connectivity index (χ1v) is 10.3. The molecule has 2 aromatic carbocycles. The number of hydrogen-bond donors (Lipinski definition) is 1. The third-order valence-electron chi connectivity index (χ3n) is 4.26. The smallest absolute Gasteiger partial charge is 0.283 e. The van der Waals surface area contributed by atoms with Gasteiger partial charge in [-0.1, -0.05) is 29.8 Å². The molecule has 1 aliphatic rings. The Morgan fingerprint density at radius 2 is 1.77 bits per heavy atom. The fourth-order valence-corrected chi connectivity index (χ4v) is 4.53. The summed E-state index contributed by atoms with van der Waals surface area (Å²) >= 11 is 6.11. The second-order valence-corrected chi connectivity index (χ2v) is 8.45. The summed E-state index contributed by atoms with van der Waals surface area (Å²) in [6, 6.07) is 8.15. The van der Waals surface area contributed by atoms with Crippen molar-refractivity contribution in [2.45, 2.75) is 30.6 Å². The van der Waals surface area contributed by atoms with Crippen LogP contribution in [0.25, 0.3) is 0 Å². The van der Waals surface area contributed by atoms with Gasteiger partial charge >= 0.3 is 0 Å². The van der Waals surface area contributed by atoms with E-state index in [0.717, 1.165) is 19.1 Å². The van der Waals surface area contributed by atoms with Crippen molar-refractivity contribution in [2.75, 3.05) is 6.26 Å². The highest BCUT2D eigenvalue weighted by atomic mass is 35.5. The van der Waals surface area contributed by atoms with Crippen LogP contribution < -0.4 is 10.3 Å². The van der Waals surface area contributed by atoms with Crippen LogP contribution in [0.15, 0.2) is 35.2 Å². The fourth-order valence-electron chi connectivity index (χ4n) is 3.10. The quantitative estimate of drug-likeness (QED) is 0.801. The maximum absolute atomic E-state index is 14.8. The molecule has 1 N–H and O–H groups in total. The van der Waals surface area contributed by atoms with Crippen molar-refractivity contribution in [3.05, 3.63) is 57.9 Å². The van der Waals surface area contributed by atoms with E-state index >= 15 is 0 Å². The van der Waals surface area contributed by atoms with Crippen LogP contribution in [0.5, 0.6) is 5.75 Å². The van der Waals surface area contributed by atoms with E-state index in [1.165, 1.54) is 0 Å². The molecule has 0 heterocycles. The molecule has 8 heteroatoms. The molecule has 138 valence electrons. The average molecular weight is 398 g/mol. The van der Waals surface area contributed by atoms with E-state index in [-0.39, 0.29) is 15.5 Å². The molecule has 1 amide bonds. The summed E-state index contributed by atoms with van der Waals surface area (Å²) < 4.78 is 39.4. The highest BCUT2D eigenvalue weighted by molar-refractivity contribution is 7.90. The summed E-state index contributed by atoms with van der Waals surface area (Å²) in [5.41, 5.74) is 3.35. The molecule has 26 heavy (non-hydrogen) atoms. The molecular formula is C18H17ClFNO4S. The number of nitrogens with one attached hydrogen (secondary N) is 1. The van der Waals surface area contributed by atoms with Gasteiger partial charge in [0, 0.05) is 11.8 Å². The van der Waals surface area contributed by atoms with Crippen molar-refractivity contribution >= 4 is 27.3 Å². The van der Waals surface area contributed by atoms with Gasteiger partial charge in [0.2, 0.25) is 5.75 Å². The lowest BCUT2D eigenvalue weighted by Crippen LogP contribution is -2.29. The fraction of sp³-hybridized carbons (Fsp3) is 0.278. The van der Waals surface area contributed by atoms with Crippen molar-refractivity contribution in [1.29, 1.82) is 0 Å². The number of amides is 1. The molecule has 3 rings (SSSR count). The molecule has 0 saturated heterocycles. The molecule has 2 aromatic rings. The average Bonchev–Trinajstić information content (AvgIpc) is 2.62. The Kier molecular flexibility index (Phi) is 5.20. The molecule has 1 aliphatic carbocycles. The zero-order valence-corrected chi connectivity index (χ0v) is 15.6. The number of fused-ring (bicyclic) bond motifs is 1. The number of carbonyl (C=O) groups excluding carboxylic acids is 1. The predicted octanol–water partition coefficient (Wildman–Crippen LogP) is 3.49. The zero-order chi connectivity index (χ0) is 18.9. The molecule has 0 unspecified atom stereocenters. The Morgan fingerprint density at radius 3 is 2.38 bits per heavy atom. The van der Waals surface area contributed by atoms with Gasteiger partial charge in [-0.15, -0.1) is 0 Å². The van der Waals surface area contributed by atoms with E-state index in [9.17, 15) is 17.6 Å². The van der Waals surface area contributed by atoms with E-state index in [1.54, 1.807) is 30.3 Å². The van der Waals surface area contributed by atoms with Crippen LogP contribution in [0, 0.1) is 5.82 Å². The molecule has 0 spiro atoms. The second kappa shape index (κ2) is 7.25. The van der Waals surface area contributed by atoms with Crippen LogP contribution >= 0.6 is 11.6 Å². The van der Waals surface area contributed by atoms with Crippen molar-refractivity contribution in [2.24, 2.45) is 0 Å². The number of benzene rings is 2. The Balaban J connectivity index is 2.03. The number of halogens is 2. The van der Waals surface area contributed by atoms with Gasteiger partial charge in [0.25, 0.3) is 5.91 Å². The maximum Gasteiger partial charge on any atom is 0.283 e. The van der Waals surface area contributed by atoms with Gasteiger partial charge in [-0.05, 0) is 48.9 Å². The second-order valence-electron chi connectivity index (χ2n) is 6.12. The van der Waals surface area contributed by atoms with Crippen LogP contribution in [0.3, 0.4) is 0 Å². The van der Waals surface area contributed by atoms with Crippen LogP contribution in [0.4, 0.5) is 4.39 Å². The molecule has 0 fully saturated rings. The Morgan fingerprint density at radius 1 is 1.15 bits per heavy atom. The minimum atomic E-state index is -3.80. The minimum absolute atomic E-state index is 0.156. The summed E-state index contributed by atoms with van der Waals surface area (Å²) in [5.74, 6) is -2.18. The van der Waals surface area contributed by atoms with E-state index in [0.29, 0.717) is 24.0 Å². The summed E-state index contributed by atoms with van der Waals surface area (Å²) in [6.45, 7) is 0. The number of hydrogen-bond acceptors (Lipinski definition) is 4. The largest absolute Gasteiger partial charge is 0.375 e. The lowest BCUT2D eigenvalue weighted by atomic mass is 9.91. The lowest BCUT2D eigenvalue weighted by Gasteiger charge is -2.23. The SMILES string of the molecule is CS(=O)(=O)c1c2c(c(Cl)c(F)c1ONC(=O)c1ccccc1)CCCC2. The van der Waals surface area contributed by atoms with Crippen molar-refractivity contribution in [3.8, 4) is 5.75 Å². The van der Waals surface area contributed by atoms with Gasteiger partial charge in [0.15, 0.2) is 15.7 Å². The number of carbonyl (C=O) groups is 1. The molecule has 0 atom stereocenters. The number of sulfone groups is 1. The monoisotopic (exact) mass is 397 g/mol. The first kappa shape index (κ1) is 18.7. The molecule has 0 bridgehead atoms. The Labute approximate surface area is 156 Å². The van der Waals surface area contributed by atoms with Gasteiger partial charge < -0.3 is 4.84 Å².